The van der Waals surface area contributed by atoms with Gasteiger partial charge in [-0.05, 0) is 36.8 Å². The predicted molar refractivity (Wildman–Crippen MR) is 109 cm³/mol. The molecule has 27 heavy (non-hydrogen) atoms. The van der Waals surface area contributed by atoms with E-state index < -0.39 is 0 Å². The van der Waals surface area contributed by atoms with E-state index in [-0.39, 0.29) is 6.10 Å². The van der Waals surface area contributed by atoms with Gasteiger partial charge in [0.05, 0.1) is 31.4 Å². The van der Waals surface area contributed by atoms with Gasteiger partial charge in [-0.2, -0.15) is 0 Å². The number of hydrogen-bond acceptors (Lipinski definition) is 5. The lowest BCUT2D eigenvalue weighted by Crippen LogP contribution is -2.41. The summed E-state index contributed by atoms with van der Waals surface area (Å²) in [5, 5.41) is 3.52. The Morgan fingerprint density at radius 3 is 2.96 bits per heavy atom. The van der Waals surface area contributed by atoms with Crippen molar-refractivity contribution in [3.8, 4) is 5.75 Å². The number of pyridine rings is 1. The van der Waals surface area contributed by atoms with Crippen LogP contribution in [-0.4, -0.2) is 43.9 Å². The number of halogens is 1. The van der Waals surface area contributed by atoms with Crippen molar-refractivity contribution in [1.29, 1.82) is 0 Å². The molecule has 0 saturated carbocycles. The number of morpholine rings is 1. The Hall–Kier alpha value is -2.51. The van der Waals surface area contributed by atoms with Crippen LogP contribution in [0.2, 0.25) is 5.02 Å². The molecule has 2 heterocycles. The highest BCUT2D eigenvalue weighted by Gasteiger charge is 2.17. The lowest BCUT2D eigenvalue weighted by atomic mass is 10.2. The Morgan fingerprint density at radius 1 is 1.44 bits per heavy atom. The number of ether oxygens (including phenoxy) is 2. The van der Waals surface area contributed by atoms with Crippen molar-refractivity contribution in [2.24, 2.45) is 10.7 Å². The summed E-state index contributed by atoms with van der Waals surface area (Å²) < 4.78 is 10.7. The second-order valence-corrected chi connectivity index (χ2v) is 6.74. The molecule has 0 amide bonds. The molecule has 0 aliphatic carbocycles. The lowest BCUT2D eigenvalue weighted by molar-refractivity contribution is 0.0529. The van der Waals surface area contributed by atoms with Gasteiger partial charge in [0, 0.05) is 25.0 Å². The van der Waals surface area contributed by atoms with Crippen LogP contribution in [0.1, 0.15) is 12.5 Å². The SMILES string of the molecule is COc1ccc(NC(N)=NCc2ccc(N3CCOC(C)C3)nc2)cc1Cl. The van der Waals surface area contributed by atoms with E-state index in [4.69, 9.17) is 26.8 Å². The number of nitrogens with zero attached hydrogens (tertiary/aromatic N) is 3. The highest BCUT2D eigenvalue weighted by Crippen LogP contribution is 2.27. The maximum atomic E-state index is 6.11. The predicted octanol–water partition coefficient (Wildman–Crippen LogP) is 2.90. The van der Waals surface area contributed by atoms with E-state index in [2.05, 4.69) is 27.1 Å². The van der Waals surface area contributed by atoms with Gasteiger partial charge < -0.3 is 25.4 Å². The van der Waals surface area contributed by atoms with Gasteiger partial charge in [-0.1, -0.05) is 17.7 Å². The molecule has 1 aliphatic rings. The van der Waals surface area contributed by atoms with E-state index >= 15 is 0 Å². The number of rotatable bonds is 5. The summed E-state index contributed by atoms with van der Waals surface area (Å²) in [5.41, 5.74) is 7.69. The molecule has 1 unspecified atom stereocenters. The first-order valence-corrected chi connectivity index (χ1v) is 9.15. The molecule has 1 atom stereocenters. The maximum absolute atomic E-state index is 6.11. The molecule has 144 valence electrons. The molecule has 1 saturated heterocycles. The molecule has 1 aliphatic heterocycles. The van der Waals surface area contributed by atoms with E-state index in [1.165, 1.54) is 0 Å². The van der Waals surface area contributed by atoms with Crippen molar-refractivity contribution >= 4 is 29.1 Å². The van der Waals surface area contributed by atoms with E-state index in [1.807, 2.05) is 24.4 Å². The van der Waals surface area contributed by atoms with E-state index in [9.17, 15) is 0 Å². The lowest BCUT2D eigenvalue weighted by Gasteiger charge is -2.32. The zero-order valence-electron chi connectivity index (χ0n) is 15.5. The number of guanidine groups is 1. The standard InChI is InChI=1S/C19H24ClN5O2/c1-13-12-25(7-8-27-13)18-6-3-14(10-22-18)11-23-19(21)24-15-4-5-17(26-2)16(20)9-15/h3-6,9-10,13H,7-8,11-12H2,1-2H3,(H3,21,23,24). The average Bonchev–Trinajstić information content (AvgIpc) is 2.67. The number of hydrogen-bond donors (Lipinski definition) is 2. The van der Waals surface area contributed by atoms with Gasteiger partial charge >= 0.3 is 0 Å². The summed E-state index contributed by atoms with van der Waals surface area (Å²) in [6.07, 6.45) is 2.05. The fourth-order valence-corrected chi connectivity index (χ4v) is 3.09. The van der Waals surface area contributed by atoms with Gasteiger partial charge in [-0.3, -0.25) is 0 Å². The topological polar surface area (TPSA) is 85.0 Å². The molecule has 0 radical (unpaired) electrons. The summed E-state index contributed by atoms with van der Waals surface area (Å²) in [7, 11) is 1.57. The first-order valence-electron chi connectivity index (χ1n) is 8.77. The van der Waals surface area contributed by atoms with Crippen LogP contribution in [0, 0.1) is 0 Å². The molecule has 0 bridgehead atoms. The monoisotopic (exact) mass is 389 g/mol. The van der Waals surface area contributed by atoms with Gasteiger partial charge in [0.2, 0.25) is 0 Å². The van der Waals surface area contributed by atoms with Crippen molar-refractivity contribution in [2.75, 3.05) is 37.0 Å². The van der Waals surface area contributed by atoms with Crippen molar-refractivity contribution in [3.05, 3.63) is 47.1 Å². The Balaban J connectivity index is 1.57. The molecule has 3 rings (SSSR count). The van der Waals surface area contributed by atoms with Crippen molar-refractivity contribution in [3.63, 3.8) is 0 Å². The Bertz CT molecular complexity index is 797. The van der Waals surface area contributed by atoms with Gasteiger partial charge in [0.15, 0.2) is 5.96 Å². The fraction of sp³-hybridized carbons (Fsp3) is 0.368. The van der Waals surface area contributed by atoms with Crippen LogP contribution in [-0.2, 0) is 11.3 Å². The van der Waals surface area contributed by atoms with Gasteiger partial charge in [0.1, 0.15) is 11.6 Å². The van der Waals surface area contributed by atoms with E-state index in [1.54, 1.807) is 19.2 Å². The van der Waals surface area contributed by atoms with Crippen LogP contribution in [0.25, 0.3) is 0 Å². The third-order valence-electron chi connectivity index (χ3n) is 4.23. The summed E-state index contributed by atoms with van der Waals surface area (Å²) >= 11 is 6.11. The second-order valence-electron chi connectivity index (χ2n) is 6.33. The number of anilines is 2. The molecule has 7 nitrogen and oxygen atoms in total. The highest BCUT2D eigenvalue weighted by molar-refractivity contribution is 6.32. The van der Waals surface area contributed by atoms with Crippen molar-refractivity contribution < 1.29 is 9.47 Å². The third-order valence-corrected chi connectivity index (χ3v) is 4.53. The van der Waals surface area contributed by atoms with Gasteiger partial charge in [-0.15, -0.1) is 0 Å². The number of nitrogens with two attached hydrogens (primary N) is 1. The molecule has 8 heteroatoms. The van der Waals surface area contributed by atoms with E-state index in [0.29, 0.717) is 23.3 Å². The zero-order chi connectivity index (χ0) is 19.2. The number of methoxy groups -OCH3 is 1. The van der Waals surface area contributed by atoms with Crippen LogP contribution in [0.3, 0.4) is 0 Å². The highest BCUT2D eigenvalue weighted by atomic mass is 35.5. The molecule has 1 aromatic heterocycles. The van der Waals surface area contributed by atoms with Gasteiger partial charge in [0.25, 0.3) is 0 Å². The zero-order valence-corrected chi connectivity index (χ0v) is 16.2. The molecule has 1 aromatic carbocycles. The summed E-state index contributed by atoms with van der Waals surface area (Å²) in [5.74, 6) is 1.87. The summed E-state index contributed by atoms with van der Waals surface area (Å²) in [6, 6.07) is 9.36. The van der Waals surface area contributed by atoms with Crippen molar-refractivity contribution in [2.45, 2.75) is 19.6 Å². The van der Waals surface area contributed by atoms with Crippen LogP contribution in [0.5, 0.6) is 5.75 Å². The molecule has 3 N–H and O–H groups in total. The van der Waals surface area contributed by atoms with Crippen LogP contribution >= 0.6 is 11.6 Å². The number of aliphatic imine (C=N–C) groups is 1. The maximum Gasteiger partial charge on any atom is 0.193 e. The number of benzene rings is 1. The summed E-state index contributed by atoms with van der Waals surface area (Å²) in [6.45, 7) is 4.95. The Morgan fingerprint density at radius 2 is 2.30 bits per heavy atom. The smallest absolute Gasteiger partial charge is 0.193 e. The third kappa shape index (κ3) is 5.24. The quantitative estimate of drug-likeness (QED) is 0.604. The Kier molecular flexibility index (Phi) is 6.36. The normalized spacial score (nSPS) is 17.7. The first-order chi connectivity index (χ1) is 13.0. The minimum Gasteiger partial charge on any atom is -0.495 e. The number of aromatic nitrogens is 1. The average molecular weight is 390 g/mol. The molecule has 0 spiro atoms. The minimum absolute atomic E-state index is 0.224. The van der Waals surface area contributed by atoms with Crippen molar-refractivity contribution in [1.82, 2.24) is 4.98 Å². The summed E-state index contributed by atoms with van der Waals surface area (Å²) in [4.78, 5) is 11.1. The second kappa shape index (κ2) is 8.92. The van der Waals surface area contributed by atoms with E-state index in [0.717, 1.165) is 36.8 Å². The van der Waals surface area contributed by atoms with Crippen LogP contribution in [0.4, 0.5) is 11.5 Å². The largest absolute Gasteiger partial charge is 0.495 e. The first kappa shape index (κ1) is 19.3. The molecule has 1 fully saturated rings. The number of nitrogens with one attached hydrogen (secondary N) is 1. The van der Waals surface area contributed by atoms with Crippen LogP contribution in [0.15, 0.2) is 41.5 Å². The molecular formula is C19H24ClN5O2. The minimum atomic E-state index is 0.224. The molecule has 2 aromatic rings. The molecular weight excluding hydrogens is 366 g/mol. The fourth-order valence-electron chi connectivity index (χ4n) is 2.83. The van der Waals surface area contributed by atoms with Gasteiger partial charge in [-0.25, -0.2) is 9.98 Å². The van der Waals surface area contributed by atoms with Crippen LogP contribution < -0.4 is 20.7 Å². The Labute approximate surface area is 164 Å².